The van der Waals surface area contributed by atoms with Crippen LogP contribution in [-0.4, -0.2) is 47.5 Å². The minimum absolute atomic E-state index is 0.0185. The zero-order chi connectivity index (χ0) is 25.0. The van der Waals surface area contributed by atoms with Crippen molar-refractivity contribution in [2.45, 2.75) is 46.0 Å². The number of nitrogens with zero attached hydrogens (tertiary/aromatic N) is 3. The van der Waals surface area contributed by atoms with Crippen LogP contribution in [0.25, 0.3) is 0 Å². The van der Waals surface area contributed by atoms with Crippen LogP contribution in [0.3, 0.4) is 0 Å². The number of carbonyl (C=O) groups is 1. The van der Waals surface area contributed by atoms with Crippen molar-refractivity contribution < 1.29 is 4.79 Å². The number of hydrogen-bond acceptors (Lipinski definition) is 5. The number of nitrogens with one attached hydrogen (secondary N) is 2. The summed E-state index contributed by atoms with van der Waals surface area (Å²) in [5, 5.41) is 6.47. The highest BCUT2D eigenvalue weighted by molar-refractivity contribution is 5.94. The van der Waals surface area contributed by atoms with Crippen molar-refractivity contribution in [3.63, 3.8) is 0 Å². The molecule has 0 aromatic carbocycles. The summed E-state index contributed by atoms with van der Waals surface area (Å²) in [5.74, 6) is 0.892. The molecule has 3 aliphatic rings. The van der Waals surface area contributed by atoms with Crippen molar-refractivity contribution in [1.82, 2.24) is 20.2 Å². The first-order valence-corrected chi connectivity index (χ1v) is 12.7. The second-order valence-electron chi connectivity index (χ2n) is 8.91. The summed E-state index contributed by atoms with van der Waals surface area (Å²) < 4.78 is 0. The lowest BCUT2D eigenvalue weighted by molar-refractivity contribution is -0.117. The van der Waals surface area contributed by atoms with Crippen LogP contribution in [0.2, 0.25) is 0 Å². The number of allylic oxidation sites excluding steroid dienone is 6. The van der Waals surface area contributed by atoms with Gasteiger partial charge in [0.1, 0.15) is 0 Å². The van der Waals surface area contributed by atoms with Crippen molar-refractivity contribution in [2.24, 2.45) is 5.92 Å². The summed E-state index contributed by atoms with van der Waals surface area (Å²) in [6.45, 7) is 8.35. The van der Waals surface area contributed by atoms with Gasteiger partial charge in [-0.1, -0.05) is 69.4 Å². The highest BCUT2D eigenvalue weighted by Gasteiger charge is 2.23. The Morgan fingerprint density at radius 2 is 2.00 bits per heavy atom. The third-order valence-corrected chi connectivity index (χ3v) is 6.18. The van der Waals surface area contributed by atoms with E-state index < -0.39 is 0 Å². The summed E-state index contributed by atoms with van der Waals surface area (Å²) in [6.07, 6.45) is 23.3. The Balaban J connectivity index is 0.00000167. The summed E-state index contributed by atoms with van der Waals surface area (Å²) in [6, 6.07) is 1.98. The molecule has 0 radical (unpaired) electrons. The summed E-state index contributed by atoms with van der Waals surface area (Å²) >= 11 is 0. The maximum absolute atomic E-state index is 12.9. The molecule has 6 nitrogen and oxygen atoms in total. The van der Waals surface area contributed by atoms with E-state index in [9.17, 15) is 4.79 Å². The molecule has 1 amide bonds. The minimum Gasteiger partial charge on any atom is -0.349 e. The van der Waals surface area contributed by atoms with E-state index in [1.807, 2.05) is 32.2 Å². The van der Waals surface area contributed by atoms with Gasteiger partial charge in [0, 0.05) is 49.4 Å². The summed E-state index contributed by atoms with van der Waals surface area (Å²) in [4.78, 5) is 24.4. The van der Waals surface area contributed by atoms with Gasteiger partial charge < -0.3 is 10.6 Å². The molecular formula is C29H39N5O. The van der Waals surface area contributed by atoms with E-state index in [4.69, 9.17) is 4.98 Å². The average molecular weight is 474 g/mol. The van der Waals surface area contributed by atoms with E-state index in [-0.39, 0.29) is 17.7 Å². The van der Waals surface area contributed by atoms with Gasteiger partial charge in [-0.3, -0.25) is 9.69 Å². The Labute approximate surface area is 210 Å². The maximum atomic E-state index is 12.9. The van der Waals surface area contributed by atoms with Crippen molar-refractivity contribution in [3.8, 4) is 0 Å². The van der Waals surface area contributed by atoms with Gasteiger partial charge in [-0.2, -0.15) is 0 Å². The highest BCUT2D eigenvalue weighted by Crippen LogP contribution is 2.30. The first kappa shape index (κ1) is 26.4. The van der Waals surface area contributed by atoms with Gasteiger partial charge in [0.2, 0.25) is 11.9 Å². The summed E-state index contributed by atoms with van der Waals surface area (Å²) in [5.41, 5.74) is 4.16. The van der Waals surface area contributed by atoms with Crippen LogP contribution in [0.5, 0.6) is 0 Å². The largest absolute Gasteiger partial charge is 0.349 e. The molecule has 2 aliphatic carbocycles. The second-order valence-corrected chi connectivity index (χ2v) is 8.91. The monoisotopic (exact) mass is 473 g/mol. The lowest BCUT2D eigenvalue weighted by atomic mass is 9.85. The third-order valence-electron chi connectivity index (χ3n) is 6.18. The molecule has 0 spiro atoms. The Morgan fingerprint density at radius 3 is 2.86 bits per heavy atom. The summed E-state index contributed by atoms with van der Waals surface area (Å²) in [7, 11) is 2.10. The standard InChI is InChI=1S/C27H33N5O.C2H6/c1-20-18-22-9-3-4-11-24(20)26(33)28-15-5-6-17-32(2)19-21-8-7-10-23(13-12-21)30-27-29-16-14-25(22)31-27;1-2/h3,5-12,14,16,20,22H,4,13,15,17-19H2,1-2H3,(H,28,33)(H,29,30,31);1-2H3/b6-5+,9-3-,24-11+;. The van der Waals surface area contributed by atoms with Gasteiger partial charge >= 0.3 is 0 Å². The number of fused-ring (bicyclic) bond motifs is 8. The molecule has 2 atom stereocenters. The van der Waals surface area contributed by atoms with E-state index >= 15 is 0 Å². The number of rotatable bonds is 0. The fraction of sp³-hybridized carbons (Fsp3) is 0.414. The van der Waals surface area contributed by atoms with Crippen molar-refractivity contribution >= 4 is 11.9 Å². The fourth-order valence-electron chi connectivity index (χ4n) is 4.39. The predicted molar refractivity (Wildman–Crippen MR) is 145 cm³/mol. The van der Waals surface area contributed by atoms with Crippen LogP contribution in [0.15, 0.2) is 83.8 Å². The molecule has 1 aliphatic heterocycles. The van der Waals surface area contributed by atoms with Crippen LogP contribution in [0.4, 0.5) is 5.95 Å². The molecule has 1 aromatic heterocycles. The molecule has 2 heterocycles. The molecule has 0 saturated carbocycles. The van der Waals surface area contributed by atoms with E-state index in [0.717, 1.165) is 49.3 Å². The SMILES string of the molecule is CC.CC1CC2/C=C\C/C=C\1C(=O)NC/C=C/CN(C)CC1=CCC(=CC=C1)Nc1nccc2n1. The third kappa shape index (κ3) is 7.89. The van der Waals surface area contributed by atoms with Crippen LogP contribution in [0, 0.1) is 5.92 Å². The zero-order valence-corrected chi connectivity index (χ0v) is 21.5. The second kappa shape index (κ2) is 13.6. The fourth-order valence-corrected chi connectivity index (χ4v) is 4.39. The number of anilines is 1. The van der Waals surface area contributed by atoms with Crippen molar-refractivity contribution in [1.29, 1.82) is 0 Å². The Bertz CT molecular complexity index is 1050. The van der Waals surface area contributed by atoms with Crippen LogP contribution in [-0.2, 0) is 4.79 Å². The number of aromatic nitrogens is 2. The van der Waals surface area contributed by atoms with Gasteiger partial charge in [0.15, 0.2) is 0 Å². The van der Waals surface area contributed by atoms with Crippen LogP contribution < -0.4 is 10.6 Å². The van der Waals surface area contributed by atoms with E-state index in [1.54, 1.807) is 0 Å². The molecule has 2 unspecified atom stereocenters. The normalized spacial score (nSPS) is 26.6. The predicted octanol–water partition coefficient (Wildman–Crippen LogP) is 5.30. The molecule has 1 aromatic rings. The highest BCUT2D eigenvalue weighted by atomic mass is 16.1. The lowest BCUT2D eigenvalue weighted by Gasteiger charge is -2.22. The van der Waals surface area contributed by atoms with Gasteiger partial charge in [0.05, 0.1) is 5.69 Å². The number of likely N-dealkylation sites (N-methyl/N-ethyl adjacent to an activating group) is 1. The Hall–Kier alpha value is -3.25. The topological polar surface area (TPSA) is 70.2 Å². The molecule has 35 heavy (non-hydrogen) atoms. The van der Waals surface area contributed by atoms with Crippen LogP contribution in [0.1, 0.15) is 51.6 Å². The molecule has 186 valence electrons. The zero-order valence-electron chi connectivity index (χ0n) is 21.5. The lowest BCUT2D eigenvalue weighted by Crippen LogP contribution is -2.29. The molecule has 0 fully saturated rings. The van der Waals surface area contributed by atoms with Crippen LogP contribution >= 0.6 is 0 Å². The van der Waals surface area contributed by atoms with Gasteiger partial charge in [-0.25, -0.2) is 9.97 Å². The van der Waals surface area contributed by atoms with Crippen molar-refractivity contribution in [3.05, 3.63) is 89.5 Å². The Morgan fingerprint density at radius 1 is 1.14 bits per heavy atom. The Kier molecular flexibility index (Phi) is 10.2. The van der Waals surface area contributed by atoms with E-state index in [1.165, 1.54) is 5.57 Å². The maximum Gasteiger partial charge on any atom is 0.247 e. The molecule has 4 rings (SSSR count). The van der Waals surface area contributed by atoms with Crippen molar-refractivity contribution in [2.75, 3.05) is 32.0 Å². The average Bonchev–Trinajstić information content (AvgIpc) is 3.07. The van der Waals surface area contributed by atoms with E-state index in [0.29, 0.717) is 12.5 Å². The molecule has 0 saturated heterocycles. The molecule has 6 heteroatoms. The number of amides is 1. The first-order valence-electron chi connectivity index (χ1n) is 12.7. The number of carbonyl (C=O) groups excluding carboxylic acids is 1. The van der Waals surface area contributed by atoms with Gasteiger partial charge in [0.25, 0.3) is 0 Å². The van der Waals surface area contributed by atoms with Gasteiger partial charge in [-0.05, 0) is 43.5 Å². The smallest absolute Gasteiger partial charge is 0.247 e. The van der Waals surface area contributed by atoms with E-state index in [2.05, 4.69) is 83.1 Å². The molecule has 2 N–H and O–H groups in total. The molecular weight excluding hydrogens is 434 g/mol. The molecule has 6 bridgehead atoms. The first-order chi connectivity index (χ1) is 17.1. The quantitative estimate of drug-likeness (QED) is 0.501. The number of hydrogen-bond donors (Lipinski definition) is 2. The minimum atomic E-state index is 0.0185. The van der Waals surface area contributed by atoms with Gasteiger partial charge in [-0.15, -0.1) is 0 Å².